The third kappa shape index (κ3) is 0.992. The molecule has 2 heterocycles. The van der Waals surface area contributed by atoms with E-state index in [0.29, 0.717) is 0 Å². The third-order valence-corrected chi connectivity index (χ3v) is 2.42. The molecule has 2 aromatic rings. The minimum Gasteiger partial charge on any atom is -0.397 e. The highest BCUT2D eigenvalue weighted by Gasteiger charge is 2.04. The van der Waals surface area contributed by atoms with Gasteiger partial charge < -0.3 is 10.7 Å². The Morgan fingerprint density at radius 3 is 3.08 bits per heavy atom. The zero-order valence-corrected chi connectivity index (χ0v) is 8.14. The average molecular weight is 226 g/mol. The zero-order valence-electron chi connectivity index (χ0n) is 6.56. The molecule has 0 spiro atoms. The molecule has 0 saturated carbocycles. The van der Waals surface area contributed by atoms with E-state index in [1.165, 1.54) is 0 Å². The summed E-state index contributed by atoms with van der Waals surface area (Å²) in [6, 6.07) is 1.99. The standard InChI is InChI=1S/C8H8BrN3/c1-4-2-5-7(10)6(9)3-11-8(5)12-4/h2-3H,1H3,(H3,10,11,12). The summed E-state index contributed by atoms with van der Waals surface area (Å²) in [5.41, 5.74) is 8.48. The number of H-pyrrole nitrogens is 1. The van der Waals surface area contributed by atoms with Gasteiger partial charge in [-0.2, -0.15) is 0 Å². The van der Waals surface area contributed by atoms with Crippen molar-refractivity contribution < 1.29 is 0 Å². The zero-order chi connectivity index (χ0) is 8.72. The van der Waals surface area contributed by atoms with E-state index in [9.17, 15) is 0 Å². The lowest BCUT2D eigenvalue weighted by Gasteiger charge is -1.97. The number of halogens is 1. The monoisotopic (exact) mass is 225 g/mol. The Bertz CT molecular complexity index is 433. The molecule has 0 amide bonds. The molecule has 3 N–H and O–H groups in total. The van der Waals surface area contributed by atoms with E-state index in [0.717, 1.165) is 26.9 Å². The first-order valence-electron chi connectivity index (χ1n) is 3.58. The Balaban J connectivity index is 2.89. The molecule has 0 aliphatic rings. The van der Waals surface area contributed by atoms with Gasteiger partial charge in [0.15, 0.2) is 0 Å². The molecule has 2 rings (SSSR count). The molecule has 0 aliphatic heterocycles. The third-order valence-electron chi connectivity index (χ3n) is 1.79. The number of nitrogens with two attached hydrogens (primary N) is 1. The Morgan fingerprint density at radius 2 is 2.33 bits per heavy atom. The number of nitrogen functional groups attached to an aromatic ring is 1. The van der Waals surface area contributed by atoms with Crippen molar-refractivity contribution in [1.82, 2.24) is 9.97 Å². The molecule has 62 valence electrons. The second-order valence-corrected chi connectivity index (χ2v) is 3.59. The van der Waals surface area contributed by atoms with Crippen LogP contribution >= 0.6 is 15.9 Å². The maximum atomic E-state index is 5.82. The number of hydrogen-bond donors (Lipinski definition) is 2. The molecule has 12 heavy (non-hydrogen) atoms. The number of anilines is 1. The topological polar surface area (TPSA) is 54.7 Å². The summed E-state index contributed by atoms with van der Waals surface area (Å²) < 4.78 is 0.842. The molecule has 0 atom stereocenters. The van der Waals surface area contributed by atoms with Crippen molar-refractivity contribution in [3.63, 3.8) is 0 Å². The summed E-state index contributed by atoms with van der Waals surface area (Å²) >= 11 is 3.32. The molecule has 0 saturated heterocycles. The summed E-state index contributed by atoms with van der Waals surface area (Å²) in [6.45, 7) is 1.98. The van der Waals surface area contributed by atoms with Crippen LogP contribution in [0.2, 0.25) is 0 Å². The number of aromatic nitrogens is 2. The highest BCUT2D eigenvalue weighted by molar-refractivity contribution is 9.10. The van der Waals surface area contributed by atoms with Crippen LogP contribution in [-0.4, -0.2) is 9.97 Å². The van der Waals surface area contributed by atoms with Crippen molar-refractivity contribution in [2.75, 3.05) is 5.73 Å². The molecular formula is C8H8BrN3. The van der Waals surface area contributed by atoms with E-state index < -0.39 is 0 Å². The van der Waals surface area contributed by atoms with Gasteiger partial charge in [-0.05, 0) is 28.9 Å². The SMILES string of the molecule is Cc1cc2c(N)c(Br)cnc2[nH]1. The molecular weight excluding hydrogens is 218 g/mol. The van der Waals surface area contributed by atoms with Gasteiger partial charge in [-0.25, -0.2) is 4.98 Å². The fraction of sp³-hybridized carbons (Fsp3) is 0.125. The van der Waals surface area contributed by atoms with Gasteiger partial charge in [-0.1, -0.05) is 0 Å². The van der Waals surface area contributed by atoms with E-state index in [-0.39, 0.29) is 0 Å². The van der Waals surface area contributed by atoms with Gasteiger partial charge in [-0.3, -0.25) is 0 Å². The van der Waals surface area contributed by atoms with Crippen LogP contribution in [0, 0.1) is 6.92 Å². The van der Waals surface area contributed by atoms with Crippen LogP contribution < -0.4 is 5.73 Å². The van der Waals surface area contributed by atoms with Gasteiger partial charge in [0.1, 0.15) is 5.65 Å². The van der Waals surface area contributed by atoms with E-state index >= 15 is 0 Å². The van der Waals surface area contributed by atoms with Crippen molar-refractivity contribution in [3.05, 3.63) is 22.4 Å². The van der Waals surface area contributed by atoms with Gasteiger partial charge in [0.05, 0.1) is 10.2 Å². The number of aryl methyl sites for hydroxylation is 1. The van der Waals surface area contributed by atoms with E-state index in [2.05, 4.69) is 25.9 Å². The summed E-state index contributed by atoms with van der Waals surface area (Å²) in [6.07, 6.45) is 1.70. The predicted molar refractivity (Wildman–Crippen MR) is 52.9 cm³/mol. The van der Waals surface area contributed by atoms with E-state index in [1.807, 2.05) is 13.0 Å². The van der Waals surface area contributed by atoms with E-state index in [1.54, 1.807) is 6.20 Å². The number of fused-ring (bicyclic) bond motifs is 1. The van der Waals surface area contributed by atoms with Gasteiger partial charge in [0.2, 0.25) is 0 Å². The number of rotatable bonds is 0. The lowest BCUT2D eigenvalue weighted by atomic mass is 10.3. The highest BCUT2D eigenvalue weighted by atomic mass is 79.9. The van der Waals surface area contributed by atoms with Crippen LogP contribution in [-0.2, 0) is 0 Å². The van der Waals surface area contributed by atoms with Crippen LogP contribution in [0.1, 0.15) is 5.69 Å². The maximum absolute atomic E-state index is 5.82. The van der Waals surface area contributed by atoms with Crippen molar-refractivity contribution in [2.24, 2.45) is 0 Å². The van der Waals surface area contributed by atoms with Crippen LogP contribution in [0.4, 0.5) is 5.69 Å². The summed E-state index contributed by atoms with van der Waals surface area (Å²) in [5, 5.41) is 0.974. The molecule has 0 radical (unpaired) electrons. The Hall–Kier alpha value is -1.03. The van der Waals surface area contributed by atoms with E-state index in [4.69, 9.17) is 5.73 Å². The molecule has 0 fully saturated rings. The summed E-state index contributed by atoms with van der Waals surface area (Å²) in [4.78, 5) is 7.29. The number of hydrogen-bond acceptors (Lipinski definition) is 2. The fourth-order valence-electron chi connectivity index (χ4n) is 1.20. The molecule has 0 aliphatic carbocycles. The van der Waals surface area contributed by atoms with Crippen molar-refractivity contribution in [1.29, 1.82) is 0 Å². The highest BCUT2D eigenvalue weighted by Crippen LogP contribution is 2.26. The summed E-state index contributed by atoms with van der Waals surface area (Å²) in [7, 11) is 0. The molecule has 4 heteroatoms. The van der Waals surface area contributed by atoms with Crippen LogP contribution in [0.15, 0.2) is 16.7 Å². The maximum Gasteiger partial charge on any atom is 0.139 e. The predicted octanol–water partition coefficient (Wildman–Crippen LogP) is 2.22. The lowest BCUT2D eigenvalue weighted by Crippen LogP contribution is -1.88. The molecule has 0 unspecified atom stereocenters. The first kappa shape index (κ1) is 7.61. The van der Waals surface area contributed by atoms with Crippen LogP contribution in [0.5, 0.6) is 0 Å². The quantitative estimate of drug-likeness (QED) is 0.723. The second kappa shape index (κ2) is 2.48. The van der Waals surface area contributed by atoms with Gasteiger partial charge in [0.25, 0.3) is 0 Å². The molecule has 0 bridgehead atoms. The van der Waals surface area contributed by atoms with Gasteiger partial charge in [0, 0.05) is 17.3 Å². The number of nitrogens with one attached hydrogen (secondary N) is 1. The van der Waals surface area contributed by atoms with Gasteiger partial charge >= 0.3 is 0 Å². The van der Waals surface area contributed by atoms with Crippen molar-refractivity contribution in [3.8, 4) is 0 Å². The molecule has 0 aromatic carbocycles. The normalized spacial score (nSPS) is 10.8. The van der Waals surface area contributed by atoms with Gasteiger partial charge in [-0.15, -0.1) is 0 Å². The van der Waals surface area contributed by atoms with Crippen LogP contribution in [0.25, 0.3) is 11.0 Å². The average Bonchev–Trinajstić information content (AvgIpc) is 2.39. The first-order chi connectivity index (χ1) is 5.68. The Kier molecular flexibility index (Phi) is 1.58. The largest absolute Gasteiger partial charge is 0.397 e. The fourth-order valence-corrected chi connectivity index (χ4v) is 1.52. The summed E-state index contributed by atoms with van der Waals surface area (Å²) in [5.74, 6) is 0. The minimum absolute atomic E-state index is 0.740. The first-order valence-corrected chi connectivity index (χ1v) is 4.37. The Labute approximate surface area is 78.1 Å². The lowest BCUT2D eigenvalue weighted by molar-refractivity contribution is 1.25. The number of nitrogens with zero attached hydrogens (tertiary/aromatic N) is 1. The molecule has 2 aromatic heterocycles. The number of aromatic amines is 1. The Morgan fingerprint density at radius 1 is 1.58 bits per heavy atom. The van der Waals surface area contributed by atoms with Crippen molar-refractivity contribution >= 4 is 32.7 Å². The van der Waals surface area contributed by atoms with Crippen LogP contribution in [0.3, 0.4) is 0 Å². The van der Waals surface area contributed by atoms with Crippen molar-refractivity contribution in [2.45, 2.75) is 6.92 Å². The second-order valence-electron chi connectivity index (χ2n) is 2.73. The minimum atomic E-state index is 0.740. The smallest absolute Gasteiger partial charge is 0.139 e. The molecule has 3 nitrogen and oxygen atoms in total. The number of pyridine rings is 1.